The van der Waals surface area contributed by atoms with Gasteiger partial charge in [0.2, 0.25) is 0 Å². The van der Waals surface area contributed by atoms with Crippen molar-refractivity contribution < 1.29 is 51.9 Å². The molecule has 2 aliphatic rings. The van der Waals surface area contributed by atoms with Crippen LogP contribution in [0, 0.1) is 5.92 Å². The lowest BCUT2D eigenvalue weighted by molar-refractivity contribution is -0.295. The van der Waals surface area contributed by atoms with Gasteiger partial charge in [0.05, 0.1) is 5.92 Å². The third-order valence-corrected chi connectivity index (χ3v) is 5.00. The number of carbonyl (C=O) groups excluding carboxylic acids is 3. The summed E-state index contributed by atoms with van der Waals surface area (Å²) in [6.07, 6.45) is -4.70. The van der Waals surface area contributed by atoms with Gasteiger partial charge in [-0.3, -0.25) is 19.0 Å². The minimum Gasteiger partial charge on any atom is -0.462 e. The molecule has 0 radical (unpaired) electrons. The Morgan fingerprint density at radius 2 is 1.83 bits per heavy atom. The van der Waals surface area contributed by atoms with Gasteiger partial charge in [-0.2, -0.15) is 4.57 Å². The van der Waals surface area contributed by atoms with Gasteiger partial charge in [0, 0.05) is 26.3 Å². The fourth-order valence-corrected chi connectivity index (χ4v) is 3.34. The first kappa shape index (κ1) is 26.5. The molecule has 1 aromatic heterocycles. The molecule has 0 aliphatic carbocycles. The van der Waals surface area contributed by atoms with E-state index in [1.165, 1.54) is 7.11 Å². The number of alkyl halides is 1. The van der Waals surface area contributed by atoms with Crippen molar-refractivity contribution in [2.75, 3.05) is 26.9 Å². The number of methoxy groups -OCH3 is 1. The van der Waals surface area contributed by atoms with Gasteiger partial charge in [0.25, 0.3) is 17.9 Å². The van der Waals surface area contributed by atoms with Gasteiger partial charge < -0.3 is 33.2 Å². The number of halogens is 1. The largest absolute Gasteiger partial charge is 0.462 e. The molecule has 0 amide bonds. The molecule has 1 aromatic rings. The number of hydrogen-bond donors (Lipinski definition) is 0. The summed E-state index contributed by atoms with van der Waals surface area (Å²) in [5.41, 5.74) is -2.26. The highest BCUT2D eigenvalue weighted by atomic mass is 19.2. The molecule has 0 aromatic carbocycles. The Morgan fingerprint density at radius 1 is 1.14 bits per heavy atom. The van der Waals surface area contributed by atoms with Crippen LogP contribution in [0.3, 0.4) is 0 Å². The van der Waals surface area contributed by atoms with Crippen molar-refractivity contribution in [1.82, 2.24) is 9.13 Å². The van der Waals surface area contributed by atoms with Crippen molar-refractivity contribution in [3.8, 4) is 0 Å². The van der Waals surface area contributed by atoms with E-state index in [2.05, 4.69) is 4.74 Å². The lowest BCUT2D eigenvalue weighted by Crippen LogP contribution is -2.46. The summed E-state index contributed by atoms with van der Waals surface area (Å²) < 4.78 is 52.2. The SMILES string of the molecule is COC1O[C@H]2[C@H](n3ccc(=O)n(C(=O)OCCOC(C)=O)c3=O)O[C@](F)(COC(=O)C(C)C)[C@H]2O1. The summed E-state index contributed by atoms with van der Waals surface area (Å²) in [5, 5.41) is 0. The average Bonchev–Trinajstić information content (AvgIpc) is 3.34. The number of hydrogen-bond acceptors (Lipinski definition) is 12. The highest BCUT2D eigenvalue weighted by Gasteiger charge is 2.64. The second kappa shape index (κ2) is 10.6. The maximum atomic E-state index is 15.8. The Labute approximate surface area is 197 Å². The van der Waals surface area contributed by atoms with E-state index in [1.807, 2.05) is 0 Å². The van der Waals surface area contributed by atoms with Crippen LogP contribution in [0.15, 0.2) is 21.9 Å². The Balaban J connectivity index is 1.87. The lowest BCUT2D eigenvalue weighted by atomic mass is 10.1. The van der Waals surface area contributed by atoms with Crippen LogP contribution in [0.2, 0.25) is 0 Å². The molecule has 2 fully saturated rings. The summed E-state index contributed by atoms with van der Waals surface area (Å²) in [5.74, 6) is -4.61. The van der Waals surface area contributed by atoms with E-state index in [-0.39, 0.29) is 11.2 Å². The molecule has 194 valence electrons. The number of fused-ring (bicyclic) bond motifs is 1. The van der Waals surface area contributed by atoms with Crippen LogP contribution in [0.1, 0.15) is 27.0 Å². The third kappa shape index (κ3) is 5.58. The van der Waals surface area contributed by atoms with Crippen molar-refractivity contribution in [1.29, 1.82) is 0 Å². The van der Waals surface area contributed by atoms with E-state index in [0.29, 0.717) is 0 Å². The van der Waals surface area contributed by atoms with Crippen molar-refractivity contribution in [2.24, 2.45) is 5.92 Å². The van der Waals surface area contributed by atoms with Crippen LogP contribution < -0.4 is 11.2 Å². The van der Waals surface area contributed by atoms with Gasteiger partial charge in [-0.15, -0.1) is 0 Å². The van der Waals surface area contributed by atoms with Crippen LogP contribution >= 0.6 is 0 Å². The summed E-state index contributed by atoms with van der Waals surface area (Å²) >= 11 is 0. The topological polar surface area (TPSA) is 160 Å². The van der Waals surface area contributed by atoms with Crippen molar-refractivity contribution in [3.05, 3.63) is 33.1 Å². The molecule has 15 heteroatoms. The number of carbonyl (C=O) groups is 3. The van der Waals surface area contributed by atoms with Gasteiger partial charge >= 0.3 is 23.7 Å². The van der Waals surface area contributed by atoms with E-state index in [9.17, 15) is 24.0 Å². The quantitative estimate of drug-likeness (QED) is 0.258. The normalized spacial score (nSPS) is 27.5. The van der Waals surface area contributed by atoms with Gasteiger partial charge in [0.15, 0.2) is 18.9 Å². The highest BCUT2D eigenvalue weighted by Crippen LogP contribution is 2.46. The number of aromatic nitrogens is 2. The zero-order valence-electron chi connectivity index (χ0n) is 19.3. The molecule has 1 unspecified atom stereocenters. The number of rotatable bonds is 8. The van der Waals surface area contributed by atoms with Crippen molar-refractivity contribution in [2.45, 2.75) is 51.5 Å². The number of nitrogens with zero attached hydrogens (tertiary/aromatic N) is 2. The van der Waals surface area contributed by atoms with Crippen molar-refractivity contribution in [3.63, 3.8) is 0 Å². The summed E-state index contributed by atoms with van der Waals surface area (Å²) in [4.78, 5) is 60.2. The van der Waals surface area contributed by atoms with Crippen LogP contribution in [0.5, 0.6) is 0 Å². The minimum atomic E-state index is -2.75. The first-order valence-electron chi connectivity index (χ1n) is 10.5. The second-order valence-corrected chi connectivity index (χ2v) is 7.87. The molecule has 2 saturated heterocycles. The fraction of sp³-hybridized carbons (Fsp3) is 0.650. The Bertz CT molecular complexity index is 1080. The van der Waals surface area contributed by atoms with E-state index in [4.69, 9.17) is 28.4 Å². The Morgan fingerprint density at radius 3 is 2.46 bits per heavy atom. The molecule has 3 rings (SSSR count). The number of ether oxygens (including phenoxy) is 7. The predicted octanol–water partition coefficient (Wildman–Crippen LogP) is -0.334. The predicted molar refractivity (Wildman–Crippen MR) is 109 cm³/mol. The van der Waals surface area contributed by atoms with Crippen molar-refractivity contribution >= 4 is 18.0 Å². The Kier molecular flexibility index (Phi) is 8.04. The molecular formula is C20H25FN2O12. The Hall–Kier alpha value is -3.14. The summed E-state index contributed by atoms with van der Waals surface area (Å²) in [6, 6.07) is 0.855. The van der Waals surface area contributed by atoms with Gasteiger partial charge in [0.1, 0.15) is 19.3 Å². The molecule has 0 bridgehead atoms. The standard InChI is InChI=1S/C20H25FN2O12/c1-10(2)16(26)32-9-20(21)14-13(33-19(29-4)34-14)15(35-20)22-6-5-12(25)23(17(22)27)18(28)31-8-7-30-11(3)24/h5-6,10,13-15,19H,7-9H2,1-4H3/t13-,14+,15-,19?,20-/m1/s1. The second-order valence-electron chi connectivity index (χ2n) is 7.87. The smallest absolute Gasteiger partial charge is 0.425 e. The molecule has 5 atom stereocenters. The molecule has 35 heavy (non-hydrogen) atoms. The first-order chi connectivity index (χ1) is 16.5. The highest BCUT2D eigenvalue weighted by molar-refractivity contribution is 5.71. The maximum Gasteiger partial charge on any atom is 0.425 e. The van der Waals surface area contributed by atoms with Crippen LogP contribution in [0.25, 0.3) is 0 Å². The molecule has 3 heterocycles. The minimum absolute atomic E-state index is 0.146. The molecule has 2 aliphatic heterocycles. The molecule has 0 saturated carbocycles. The first-order valence-corrected chi connectivity index (χ1v) is 10.5. The van der Waals surface area contributed by atoms with Crippen LogP contribution in [-0.4, -0.2) is 78.6 Å². The number of esters is 2. The molecule has 0 N–H and O–H groups in total. The van der Waals surface area contributed by atoms with E-state index in [1.54, 1.807) is 13.8 Å². The monoisotopic (exact) mass is 504 g/mol. The molecular weight excluding hydrogens is 479 g/mol. The fourth-order valence-electron chi connectivity index (χ4n) is 3.34. The van der Waals surface area contributed by atoms with E-state index in [0.717, 1.165) is 23.8 Å². The molecule has 14 nitrogen and oxygen atoms in total. The zero-order chi connectivity index (χ0) is 25.9. The molecule has 0 spiro atoms. The van der Waals surface area contributed by atoms with Crippen LogP contribution in [0.4, 0.5) is 9.18 Å². The van der Waals surface area contributed by atoms with E-state index >= 15 is 4.39 Å². The summed E-state index contributed by atoms with van der Waals surface area (Å²) in [7, 11) is 1.23. The third-order valence-electron chi connectivity index (χ3n) is 5.00. The lowest BCUT2D eigenvalue weighted by Gasteiger charge is -2.25. The summed E-state index contributed by atoms with van der Waals surface area (Å²) in [6.45, 7) is 1.33. The van der Waals surface area contributed by atoms with E-state index < -0.39 is 79.2 Å². The van der Waals surface area contributed by atoms with Gasteiger partial charge in [-0.25, -0.2) is 14.0 Å². The average molecular weight is 504 g/mol. The van der Waals surface area contributed by atoms with Gasteiger partial charge in [-0.05, 0) is 0 Å². The zero-order valence-corrected chi connectivity index (χ0v) is 19.3. The van der Waals surface area contributed by atoms with Crippen LogP contribution in [-0.2, 0) is 42.7 Å². The van der Waals surface area contributed by atoms with Gasteiger partial charge in [-0.1, -0.05) is 13.8 Å². The maximum absolute atomic E-state index is 15.8.